The third-order valence-corrected chi connectivity index (χ3v) is 6.20. The van der Waals surface area contributed by atoms with Gasteiger partial charge in [0.05, 0.1) is 31.2 Å². The van der Waals surface area contributed by atoms with E-state index in [0.29, 0.717) is 17.1 Å². The lowest BCUT2D eigenvalue weighted by Gasteiger charge is -2.28. The van der Waals surface area contributed by atoms with E-state index in [2.05, 4.69) is 15.5 Å². The summed E-state index contributed by atoms with van der Waals surface area (Å²) < 4.78 is 17.0. The monoisotopic (exact) mass is 566 g/mol. The average Bonchev–Trinajstić information content (AvgIpc) is 3.34. The van der Waals surface area contributed by atoms with Crippen molar-refractivity contribution >= 4 is 34.8 Å². The molecule has 3 aromatic rings. The molecule has 11 heteroatoms. The number of rotatable bonds is 12. The van der Waals surface area contributed by atoms with Gasteiger partial charge in [-0.05, 0) is 56.5 Å². The number of aromatic amines is 1. The summed E-state index contributed by atoms with van der Waals surface area (Å²) in [6.45, 7) is 8.98. The van der Waals surface area contributed by atoms with Crippen molar-refractivity contribution < 1.29 is 33.8 Å². The van der Waals surface area contributed by atoms with Crippen LogP contribution in [0.5, 0.6) is 11.5 Å². The molecule has 2 aromatic carbocycles. The fourth-order valence-electron chi connectivity index (χ4n) is 4.22. The molecule has 0 aliphatic rings. The second kappa shape index (κ2) is 13.8. The standard InChI is InChI=1S/C30H38N4O7/c1-18(2)27(31-29(37)41-30(3,4)5)28(36)20(16-23-21-9-7-8-10-22(21)32-33-23)17-40-24-13-11-19(15-25(24)39-6)12-14-26(35)34-38/h7-15,18,20,27,38H,16-17H2,1-6H3,(H,31,37)(H,32,33)(H,34,35)/b14-12+/t20-,27-/m0/s1. The SMILES string of the molecule is COc1cc(/C=C/C(=O)NO)ccc1OC[C@H](Cc1[nH]nc2ccccc12)C(=O)[C@@H](NC(=O)OC(C)(C)C)C(C)C. The summed E-state index contributed by atoms with van der Waals surface area (Å²) in [5, 5.41) is 19.7. The number of alkyl carbamates (subject to hydrolysis) is 1. The van der Waals surface area contributed by atoms with Crippen LogP contribution in [0.2, 0.25) is 0 Å². The number of aromatic nitrogens is 2. The summed E-state index contributed by atoms with van der Waals surface area (Å²) in [6, 6.07) is 11.8. The number of ketones is 1. The highest BCUT2D eigenvalue weighted by Crippen LogP contribution is 2.30. The van der Waals surface area contributed by atoms with E-state index < -0.39 is 29.6 Å². The molecule has 0 saturated heterocycles. The van der Waals surface area contributed by atoms with E-state index in [4.69, 9.17) is 19.4 Å². The van der Waals surface area contributed by atoms with Crippen LogP contribution in [0.4, 0.5) is 4.79 Å². The first-order chi connectivity index (χ1) is 19.4. The lowest BCUT2D eigenvalue weighted by atomic mass is 9.88. The predicted molar refractivity (Wildman–Crippen MR) is 154 cm³/mol. The molecular formula is C30H38N4O7. The zero-order valence-corrected chi connectivity index (χ0v) is 24.2. The lowest BCUT2D eigenvalue weighted by Crippen LogP contribution is -2.49. The molecule has 220 valence electrons. The van der Waals surface area contributed by atoms with Crippen LogP contribution < -0.4 is 20.3 Å². The fraction of sp³-hybridized carbons (Fsp3) is 0.400. The Kier molecular flexibility index (Phi) is 10.5. The number of para-hydroxylation sites is 1. The fourth-order valence-corrected chi connectivity index (χ4v) is 4.22. The van der Waals surface area contributed by atoms with Crippen LogP contribution in [0.25, 0.3) is 17.0 Å². The van der Waals surface area contributed by atoms with E-state index in [1.165, 1.54) is 24.7 Å². The summed E-state index contributed by atoms with van der Waals surface area (Å²) in [5.74, 6) is -0.979. The topological polar surface area (TPSA) is 152 Å². The summed E-state index contributed by atoms with van der Waals surface area (Å²) in [4.78, 5) is 37.9. The minimum atomic E-state index is -0.820. The Balaban J connectivity index is 1.88. The third-order valence-electron chi connectivity index (χ3n) is 6.20. The Morgan fingerprint density at radius 1 is 1.10 bits per heavy atom. The second-order valence-corrected chi connectivity index (χ2v) is 10.9. The number of ether oxygens (including phenoxy) is 3. The zero-order valence-electron chi connectivity index (χ0n) is 24.2. The van der Waals surface area contributed by atoms with Gasteiger partial charge in [-0.2, -0.15) is 5.10 Å². The molecule has 0 unspecified atom stereocenters. The summed E-state index contributed by atoms with van der Waals surface area (Å²) in [5.41, 5.74) is 3.01. The summed E-state index contributed by atoms with van der Waals surface area (Å²) in [6.07, 6.45) is 2.29. The number of hydrogen-bond donors (Lipinski definition) is 4. The highest BCUT2D eigenvalue weighted by Gasteiger charge is 2.33. The van der Waals surface area contributed by atoms with Crippen LogP contribution in [0.3, 0.4) is 0 Å². The molecule has 0 saturated carbocycles. The van der Waals surface area contributed by atoms with Gasteiger partial charge < -0.3 is 19.5 Å². The predicted octanol–water partition coefficient (Wildman–Crippen LogP) is 4.45. The molecule has 41 heavy (non-hydrogen) atoms. The molecule has 0 radical (unpaired) electrons. The Hall–Kier alpha value is -4.38. The van der Waals surface area contributed by atoms with Gasteiger partial charge in [0.25, 0.3) is 5.91 Å². The lowest BCUT2D eigenvalue weighted by molar-refractivity contribution is -0.127. The molecule has 0 aliphatic heterocycles. The highest BCUT2D eigenvalue weighted by molar-refractivity contribution is 5.91. The van der Waals surface area contributed by atoms with Gasteiger partial charge in [0.15, 0.2) is 17.3 Å². The van der Waals surface area contributed by atoms with Gasteiger partial charge in [0, 0.05) is 23.6 Å². The van der Waals surface area contributed by atoms with Crippen molar-refractivity contribution in [1.29, 1.82) is 0 Å². The first-order valence-corrected chi connectivity index (χ1v) is 13.3. The van der Waals surface area contributed by atoms with Gasteiger partial charge in [-0.25, -0.2) is 10.3 Å². The third kappa shape index (κ3) is 8.81. The molecule has 4 N–H and O–H groups in total. The number of carbonyl (C=O) groups excluding carboxylic acids is 3. The van der Waals surface area contributed by atoms with Gasteiger partial charge in [-0.1, -0.05) is 38.1 Å². The smallest absolute Gasteiger partial charge is 0.408 e. The Morgan fingerprint density at radius 3 is 2.49 bits per heavy atom. The maximum absolute atomic E-state index is 14.0. The van der Waals surface area contributed by atoms with Crippen LogP contribution in [-0.2, 0) is 20.7 Å². The molecule has 1 aromatic heterocycles. The average molecular weight is 567 g/mol. The van der Waals surface area contributed by atoms with Gasteiger partial charge in [-0.15, -0.1) is 0 Å². The molecule has 2 amide bonds. The van der Waals surface area contributed by atoms with E-state index in [1.54, 1.807) is 39.0 Å². The van der Waals surface area contributed by atoms with Gasteiger partial charge in [-0.3, -0.25) is 19.9 Å². The minimum absolute atomic E-state index is 0.0101. The largest absolute Gasteiger partial charge is 0.493 e. The molecule has 0 spiro atoms. The van der Waals surface area contributed by atoms with Crippen molar-refractivity contribution in [1.82, 2.24) is 21.0 Å². The van der Waals surface area contributed by atoms with Crippen molar-refractivity contribution in [3.05, 3.63) is 59.8 Å². The number of fused-ring (bicyclic) bond motifs is 1. The van der Waals surface area contributed by atoms with Crippen molar-refractivity contribution in [3.8, 4) is 11.5 Å². The van der Waals surface area contributed by atoms with E-state index in [9.17, 15) is 14.4 Å². The van der Waals surface area contributed by atoms with Gasteiger partial charge >= 0.3 is 6.09 Å². The maximum Gasteiger partial charge on any atom is 0.408 e. The molecular weight excluding hydrogens is 528 g/mol. The number of H-pyrrole nitrogens is 1. The Morgan fingerprint density at radius 2 is 1.83 bits per heavy atom. The van der Waals surface area contributed by atoms with E-state index in [1.807, 2.05) is 38.1 Å². The number of Topliss-reactive ketones (excluding diaryl/α,β-unsaturated/α-hetero) is 1. The maximum atomic E-state index is 14.0. The Bertz CT molecular complexity index is 1390. The van der Waals surface area contributed by atoms with E-state index >= 15 is 0 Å². The van der Waals surface area contributed by atoms with Crippen LogP contribution >= 0.6 is 0 Å². The molecule has 3 rings (SSSR count). The first-order valence-electron chi connectivity index (χ1n) is 13.3. The molecule has 0 aliphatic carbocycles. The van der Waals surface area contributed by atoms with Gasteiger partial charge in [0.2, 0.25) is 0 Å². The van der Waals surface area contributed by atoms with Crippen molar-refractivity contribution in [2.24, 2.45) is 11.8 Å². The van der Waals surface area contributed by atoms with Gasteiger partial charge in [0.1, 0.15) is 5.60 Å². The molecule has 1 heterocycles. The number of hydrogen-bond acceptors (Lipinski definition) is 8. The number of benzene rings is 2. The van der Waals surface area contributed by atoms with Crippen LogP contribution in [0.1, 0.15) is 45.9 Å². The number of nitrogens with zero attached hydrogens (tertiary/aromatic N) is 1. The summed E-state index contributed by atoms with van der Waals surface area (Å²) in [7, 11) is 1.48. The van der Waals surface area contributed by atoms with Crippen LogP contribution in [0, 0.1) is 11.8 Å². The molecule has 2 atom stereocenters. The normalized spacial score (nSPS) is 13.2. The number of hydroxylamine groups is 1. The highest BCUT2D eigenvalue weighted by atomic mass is 16.6. The molecule has 0 bridgehead atoms. The van der Waals surface area contributed by atoms with E-state index in [-0.39, 0.29) is 24.7 Å². The van der Waals surface area contributed by atoms with E-state index in [0.717, 1.165) is 16.6 Å². The molecule has 11 nitrogen and oxygen atoms in total. The minimum Gasteiger partial charge on any atom is -0.493 e. The number of nitrogens with one attached hydrogen (secondary N) is 3. The quantitative estimate of drug-likeness (QED) is 0.143. The van der Waals surface area contributed by atoms with Crippen LogP contribution in [0.15, 0.2) is 48.5 Å². The summed E-state index contributed by atoms with van der Waals surface area (Å²) >= 11 is 0. The second-order valence-electron chi connectivity index (χ2n) is 10.9. The first kappa shape index (κ1) is 31.2. The Labute approximate surface area is 239 Å². The van der Waals surface area contributed by atoms with Crippen molar-refractivity contribution in [3.63, 3.8) is 0 Å². The number of amides is 2. The van der Waals surface area contributed by atoms with Crippen molar-refractivity contribution in [2.45, 2.75) is 52.7 Å². The number of carbonyl (C=O) groups is 3. The number of methoxy groups -OCH3 is 1. The molecule has 0 fully saturated rings. The van der Waals surface area contributed by atoms with Crippen LogP contribution in [-0.4, -0.2) is 58.5 Å². The zero-order chi connectivity index (χ0) is 30.2. The van der Waals surface area contributed by atoms with Crippen molar-refractivity contribution in [2.75, 3.05) is 13.7 Å².